The fourth-order valence-electron chi connectivity index (χ4n) is 3.00. The summed E-state index contributed by atoms with van der Waals surface area (Å²) in [6.07, 6.45) is 6.35. The Bertz CT molecular complexity index is 288. The summed E-state index contributed by atoms with van der Waals surface area (Å²) in [5.41, 5.74) is 1.48. The number of ether oxygens (including phenoxy) is 1. The minimum Gasteiger partial charge on any atom is -0.380 e. The summed E-state index contributed by atoms with van der Waals surface area (Å²) >= 11 is 0. The van der Waals surface area contributed by atoms with Crippen LogP contribution in [-0.2, 0) is 4.74 Å². The van der Waals surface area contributed by atoms with Crippen molar-refractivity contribution in [3.63, 3.8) is 0 Å². The van der Waals surface area contributed by atoms with E-state index in [2.05, 4.69) is 30.1 Å². The van der Waals surface area contributed by atoms with Gasteiger partial charge in [0.15, 0.2) is 0 Å². The fraction of sp³-hybridized carbons (Fsp3) is 0.867. The average Bonchev–Trinajstić information content (AvgIpc) is 2.30. The Morgan fingerprint density at radius 1 is 1.44 bits per heavy atom. The molecule has 0 aromatic heterocycles. The number of nitrogens with zero attached hydrogens (tertiary/aromatic N) is 1. The van der Waals surface area contributed by atoms with E-state index in [0.717, 1.165) is 25.1 Å². The van der Waals surface area contributed by atoms with Crippen LogP contribution in [-0.4, -0.2) is 50.3 Å². The summed E-state index contributed by atoms with van der Waals surface area (Å²) in [6, 6.07) is 1.43. The molecule has 3 heteroatoms. The van der Waals surface area contributed by atoms with E-state index in [-0.39, 0.29) is 0 Å². The predicted octanol–water partition coefficient (Wildman–Crippen LogP) is 2.04. The highest BCUT2D eigenvalue weighted by atomic mass is 16.5. The molecule has 2 atom stereocenters. The molecule has 2 unspecified atom stereocenters. The van der Waals surface area contributed by atoms with Crippen LogP contribution in [0.4, 0.5) is 0 Å². The zero-order chi connectivity index (χ0) is 13.0. The molecule has 1 saturated carbocycles. The van der Waals surface area contributed by atoms with Gasteiger partial charge in [0.1, 0.15) is 0 Å². The molecule has 0 bridgehead atoms. The molecule has 18 heavy (non-hydrogen) atoms. The summed E-state index contributed by atoms with van der Waals surface area (Å²) in [7, 11) is 1.78. The van der Waals surface area contributed by atoms with Crippen molar-refractivity contribution in [2.75, 3.05) is 33.4 Å². The predicted molar refractivity (Wildman–Crippen MR) is 75.8 cm³/mol. The lowest BCUT2D eigenvalue weighted by Crippen LogP contribution is -2.52. The van der Waals surface area contributed by atoms with Crippen molar-refractivity contribution in [1.29, 1.82) is 0 Å². The van der Waals surface area contributed by atoms with Crippen LogP contribution in [0.15, 0.2) is 11.6 Å². The molecule has 1 heterocycles. The molecule has 0 aromatic carbocycles. The Labute approximate surface area is 112 Å². The molecule has 1 aliphatic carbocycles. The molecule has 0 amide bonds. The first-order chi connectivity index (χ1) is 8.70. The third-order valence-electron chi connectivity index (χ3n) is 4.30. The van der Waals surface area contributed by atoms with Crippen molar-refractivity contribution in [3.05, 3.63) is 11.6 Å². The van der Waals surface area contributed by atoms with Crippen molar-refractivity contribution < 1.29 is 4.74 Å². The maximum atomic E-state index is 5.21. The van der Waals surface area contributed by atoms with Gasteiger partial charge in [0, 0.05) is 32.3 Å². The zero-order valence-electron chi connectivity index (χ0n) is 12.1. The van der Waals surface area contributed by atoms with Crippen molar-refractivity contribution >= 4 is 0 Å². The van der Waals surface area contributed by atoms with Crippen LogP contribution in [0.1, 0.15) is 33.1 Å². The third-order valence-corrected chi connectivity index (χ3v) is 4.30. The number of rotatable bonds is 6. The molecule has 1 fully saturated rings. The zero-order valence-corrected chi connectivity index (χ0v) is 12.1. The highest BCUT2D eigenvalue weighted by molar-refractivity contribution is 5.09. The Morgan fingerprint density at radius 2 is 2.28 bits per heavy atom. The minimum atomic E-state index is 0.612. The van der Waals surface area contributed by atoms with Crippen LogP contribution in [0, 0.1) is 5.92 Å². The molecule has 0 spiro atoms. The van der Waals surface area contributed by atoms with E-state index >= 15 is 0 Å². The second-order valence-corrected chi connectivity index (χ2v) is 6.01. The number of methoxy groups -OCH3 is 1. The van der Waals surface area contributed by atoms with E-state index in [9.17, 15) is 0 Å². The first kappa shape index (κ1) is 14.0. The maximum absolute atomic E-state index is 5.21. The Morgan fingerprint density at radius 3 is 2.78 bits per heavy atom. The molecule has 3 nitrogen and oxygen atoms in total. The van der Waals surface area contributed by atoms with Gasteiger partial charge in [-0.2, -0.15) is 0 Å². The van der Waals surface area contributed by atoms with E-state index in [0.29, 0.717) is 6.04 Å². The Balaban J connectivity index is 1.76. The van der Waals surface area contributed by atoms with E-state index in [1.54, 1.807) is 7.11 Å². The first-order valence-electron chi connectivity index (χ1n) is 7.35. The fourth-order valence-corrected chi connectivity index (χ4v) is 3.00. The van der Waals surface area contributed by atoms with E-state index in [1.807, 2.05) is 0 Å². The summed E-state index contributed by atoms with van der Waals surface area (Å²) in [5, 5.41) is 3.58. The summed E-state index contributed by atoms with van der Waals surface area (Å²) in [6.45, 7) is 8.81. The van der Waals surface area contributed by atoms with Gasteiger partial charge in [-0.25, -0.2) is 0 Å². The van der Waals surface area contributed by atoms with Crippen LogP contribution < -0.4 is 5.32 Å². The van der Waals surface area contributed by atoms with Crippen LogP contribution in [0.5, 0.6) is 0 Å². The lowest BCUT2D eigenvalue weighted by molar-refractivity contribution is 0.0655. The quantitative estimate of drug-likeness (QED) is 0.732. The Kier molecular flexibility index (Phi) is 5.22. The molecule has 1 aliphatic heterocycles. The smallest absolute Gasteiger partial charge is 0.0673 e. The van der Waals surface area contributed by atoms with Gasteiger partial charge in [-0.3, -0.25) is 4.90 Å². The highest BCUT2D eigenvalue weighted by Crippen LogP contribution is 2.33. The van der Waals surface area contributed by atoms with E-state index in [1.165, 1.54) is 37.9 Å². The Hall–Kier alpha value is -0.380. The number of hydrogen-bond acceptors (Lipinski definition) is 3. The monoisotopic (exact) mass is 252 g/mol. The number of hydrogen-bond donors (Lipinski definition) is 1. The lowest BCUT2D eigenvalue weighted by atomic mass is 9.77. The van der Waals surface area contributed by atoms with Crippen LogP contribution in [0.25, 0.3) is 0 Å². The van der Waals surface area contributed by atoms with Gasteiger partial charge < -0.3 is 10.1 Å². The topological polar surface area (TPSA) is 24.5 Å². The van der Waals surface area contributed by atoms with Crippen molar-refractivity contribution in [2.24, 2.45) is 5.92 Å². The van der Waals surface area contributed by atoms with E-state index < -0.39 is 0 Å². The van der Waals surface area contributed by atoms with Crippen LogP contribution >= 0.6 is 0 Å². The van der Waals surface area contributed by atoms with E-state index in [4.69, 9.17) is 4.74 Å². The van der Waals surface area contributed by atoms with Crippen molar-refractivity contribution in [2.45, 2.75) is 45.2 Å². The SMILES string of the molecule is COCC1=CCN(C2CCC2CNC(C)C)CC1. The molecule has 2 aliphatic rings. The molecular formula is C15H28N2O. The summed E-state index contributed by atoms with van der Waals surface area (Å²) in [5.74, 6) is 0.866. The third kappa shape index (κ3) is 3.56. The first-order valence-corrected chi connectivity index (χ1v) is 7.35. The van der Waals surface area contributed by atoms with Gasteiger partial charge in [-0.15, -0.1) is 0 Å². The van der Waals surface area contributed by atoms with Gasteiger partial charge in [-0.1, -0.05) is 19.9 Å². The molecule has 0 aromatic rings. The van der Waals surface area contributed by atoms with Gasteiger partial charge >= 0.3 is 0 Å². The molecule has 1 N–H and O–H groups in total. The maximum Gasteiger partial charge on any atom is 0.0673 e. The largest absolute Gasteiger partial charge is 0.380 e. The normalized spacial score (nSPS) is 29.2. The summed E-state index contributed by atoms with van der Waals surface area (Å²) < 4.78 is 5.21. The van der Waals surface area contributed by atoms with Gasteiger partial charge in [0.25, 0.3) is 0 Å². The molecule has 2 rings (SSSR count). The van der Waals surface area contributed by atoms with Gasteiger partial charge in [-0.05, 0) is 37.3 Å². The number of nitrogens with one attached hydrogen (secondary N) is 1. The minimum absolute atomic E-state index is 0.612. The second kappa shape index (κ2) is 6.69. The molecule has 0 saturated heterocycles. The average molecular weight is 252 g/mol. The highest BCUT2D eigenvalue weighted by Gasteiger charge is 2.35. The summed E-state index contributed by atoms with van der Waals surface area (Å²) in [4.78, 5) is 2.66. The van der Waals surface area contributed by atoms with Crippen LogP contribution in [0.3, 0.4) is 0 Å². The van der Waals surface area contributed by atoms with Gasteiger partial charge in [0.05, 0.1) is 6.61 Å². The van der Waals surface area contributed by atoms with Gasteiger partial charge in [0.2, 0.25) is 0 Å². The molecule has 0 radical (unpaired) electrons. The standard InChI is InChI=1S/C15H28N2O/c1-12(2)16-10-14-4-5-15(14)17-8-6-13(7-9-17)11-18-3/h6,12,14-16H,4-5,7-11H2,1-3H3. The van der Waals surface area contributed by atoms with Crippen molar-refractivity contribution in [3.8, 4) is 0 Å². The lowest BCUT2D eigenvalue weighted by Gasteiger charge is -2.46. The molecule has 104 valence electrons. The van der Waals surface area contributed by atoms with Crippen molar-refractivity contribution in [1.82, 2.24) is 10.2 Å². The van der Waals surface area contributed by atoms with Crippen LogP contribution in [0.2, 0.25) is 0 Å². The second-order valence-electron chi connectivity index (χ2n) is 6.01. The molecular weight excluding hydrogens is 224 g/mol.